The molecule has 41 heavy (non-hydrogen) atoms. The molecule has 0 saturated heterocycles. The molecule has 4 rings (SSSR count). The molecule has 1 aliphatic heterocycles. The molecule has 0 amide bonds. The van der Waals surface area contributed by atoms with Crippen LogP contribution in [0.2, 0.25) is 0 Å². The lowest BCUT2D eigenvalue weighted by molar-refractivity contribution is -0.148. The Morgan fingerprint density at radius 2 is 1.63 bits per heavy atom. The van der Waals surface area contributed by atoms with Crippen LogP contribution in [0, 0.1) is 5.92 Å². The lowest BCUT2D eigenvalue weighted by Crippen LogP contribution is -2.38. The predicted octanol–water partition coefficient (Wildman–Crippen LogP) is 5.64. The van der Waals surface area contributed by atoms with Crippen molar-refractivity contribution in [1.29, 1.82) is 0 Å². The summed E-state index contributed by atoms with van der Waals surface area (Å²) in [6, 6.07) is 9.38. The minimum Gasteiger partial charge on any atom is -0.493 e. The fourth-order valence-electron chi connectivity index (χ4n) is 5.62. The summed E-state index contributed by atoms with van der Waals surface area (Å²) in [4.78, 5) is 32.4. The number of rotatable bonds is 11. The first-order valence-electron chi connectivity index (χ1n) is 13.5. The molecule has 0 radical (unpaired) electrons. The maximum atomic E-state index is 14.0. The van der Waals surface area contributed by atoms with Crippen molar-refractivity contribution < 1.29 is 38.0 Å². The Labute approximate surface area is 248 Å². The minimum absolute atomic E-state index is 0.0645. The van der Waals surface area contributed by atoms with Gasteiger partial charge >= 0.3 is 5.97 Å². The van der Waals surface area contributed by atoms with Gasteiger partial charge in [-0.05, 0) is 77.5 Å². The first kappa shape index (κ1) is 30.6. The highest BCUT2D eigenvalue weighted by Gasteiger charge is 2.45. The van der Waals surface area contributed by atoms with Crippen LogP contribution in [0.4, 0.5) is 0 Å². The van der Waals surface area contributed by atoms with Crippen LogP contribution in [0.15, 0.2) is 51.1 Å². The summed E-state index contributed by atoms with van der Waals surface area (Å²) >= 11 is 3.57. The zero-order valence-corrected chi connectivity index (χ0v) is 25.8. The molecule has 10 heteroatoms. The quantitative estimate of drug-likeness (QED) is 0.232. The third kappa shape index (κ3) is 6.28. The van der Waals surface area contributed by atoms with Crippen LogP contribution in [-0.2, 0) is 19.1 Å². The van der Waals surface area contributed by atoms with Crippen molar-refractivity contribution in [1.82, 2.24) is 0 Å². The molecule has 1 heterocycles. The van der Waals surface area contributed by atoms with Crippen molar-refractivity contribution in [2.45, 2.75) is 38.5 Å². The van der Waals surface area contributed by atoms with Gasteiger partial charge in [-0.15, -0.1) is 0 Å². The molecule has 0 N–H and O–H groups in total. The fraction of sp³-hybridized carbons (Fsp3) is 0.452. The second-order valence-corrected chi connectivity index (χ2v) is 10.7. The third-order valence-corrected chi connectivity index (χ3v) is 8.10. The number of ketones is 1. The maximum absolute atomic E-state index is 14.0. The number of methoxy groups -OCH3 is 4. The van der Waals surface area contributed by atoms with Gasteiger partial charge in [0.05, 0.1) is 39.5 Å². The topological polar surface area (TPSA) is 102 Å². The molecular formula is C31H36BrNO8. The van der Waals surface area contributed by atoms with Crippen LogP contribution < -0.4 is 18.9 Å². The van der Waals surface area contributed by atoms with Gasteiger partial charge in [-0.25, -0.2) is 0 Å². The summed E-state index contributed by atoms with van der Waals surface area (Å²) in [6.07, 6.45) is 0.797. The second kappa shape index (κ2) is 13.5. The van der Waals surface area contributed by atoms with Crippen LogP contribution in [0.25, 0.3) is 0 Å². The Morgan fingerprint density at radius 1 is 0.927 bits per heavy atom. The molecular weight excluding hydrogens is 594 g/mol. The molecule has 2 aliphatic rings. The van der Waals surface area contributed by atoms with Crippen molar-refractivity contribution in [3.8, 4) is 23.0 Å². The van der Waals surface area contributed by atoms with Crippen molar-refractivity contribution in [2.24, 2.45) is 10.9 Å². The van der Waals surface area contributed by atoms with Gasteiger partial charge in [0.15, 0.2) is 28.8 Å². The number of esters is 1. The average Bonchev–Trinajstić information content (AvgIpc) is 2.97. The smallest absolute Gasteiger partial charge is 0.315 e. The number of hydrogen-bond acceptors (Lipinski definition) is 9. The summed E-state index contributed by atoms with van der Waals surface area (Å²) in [5, 5.41) is 0. The van der Waals surface area contributed by atoms with Crippen LogP contribution in [0.3, 0.4) is 0 Å². The lowest BCUT2D eigenvalue weighted by atomic mass is 9.69. The first-order chi connectivity index (χ1) is 19.8. The third-order valence-electron chi connectivity index (χ3n) is 7.51. The van der Waals surface area contributed by atoms with Gasteiger partial charge < -0.3 is 28.4 Å². The van der Waals surface area contributed by atoms with Gasteiger partial charge in [-0.1, -0.05) is 6.07 Å². The number of halogens is 1. The van der Waals surface area contributed by atoms with Gasteiger partial charge in [0, 0.05) is 35.9 Å². The van der Waals surface area contributed by atoms with Crippen LogP contribution in [-0.4, -0.2) is 65.7 Å². The monoisotopic (exact) mass is 629 g/mol. The van der Waals surface area contributed by atoms with Crippen LogP contribution >= 0.6 is 15.9 Å². The van der Waals surface area contributed by atoms with Crippen molar-refractivity contribution >= 4 is 33.4 Å². The van der Waals surface area contributed by atoms with E-state index in [-0.39, 0.29) is 31.3 Å². The first-order valence-corrected chi connectivity index (χ1v) is 14.3. The number of benzene rings is 2. The molecule has 0 spiro atoms. The molecule has 1 unspecified atom stereocenters. The zero-order chi connectivity index (χ0) is 29.7. The normalized spacial score (nSPS) is 20.2. The van der Waals surface area contributed by atoms with E-state index in [2.05, 4.69) is 15.9 Å². The number of nitrogens with zero attached hydrogens (tertiary/aromatic N) is 1. The number of ether oxygens (including phenoxy) is 6. The number of hydrogen-bond donors (Lipinski definition) is 0. The Hall–Kier alpha value is -3.37. The van der Waals surface area contributed by atoms with Gasteiger partial charge in [0.25, 0.3) is 0 Å². The molecule has 220 valence electrons. The van der Waals surface area contributed by atoms with Gasteiger partial charge in [0.2, 0.25) is 0 Å². The Kier molecular flexibility index (Phi) is 10.1. The molecule has 9 nitrogen and oxygen atoms in total. The van der Waals surface area contributed by atoms with Crippen molar-refractivity contribution in [3.63, 3.8) is 0 Å². The van der Waals surface area contributed by atoms with E-state index in [0.29, 0.717) is 57.5 Å². The largest absolute Gasteiger partial charge is 0.493 e. The summed E-state index contributed by atoms with van der Waals surface area (Å²) < 4.78 is 33.6. The average molecular weight is 631 g/mol. The molecule has 3 atom stereocenters. The number of Topliss-reactive ketones (excluding diaryl/α,β-unsaturated/α-hetero) is 1. The lowest BCUT2D eigenvalue weighted by Gasteiger charge is -2.36. The SMILES string of the molecule is CCOCCOC(=O)C1C(C)=NC2=C(C(=O)C[C@@H](c3ccc(OC)c(OC)c3)C2)[C@H]1c1cc(Br)c(OC)c(OC)c1. The standard InChI is InChI=1S/C31H36BrNO8/c1-7-40-10-11-41-31(35)27-17(2)33-22-13-19(18-8-9-24(36-3)25(15-18)37-4)14-23(34)29(22)28(27)20-12-21(32)30(39-6)26(16-20)38-5/h8-9,12,15-16,19,27-28H,7,10-11,13-14H2,1-6H3/t19-,27?,28-/m0/s1. The molecule has 2 aromatic carbocycles. The fourth-order valence-corrected chi connectivity index (χ4v) is 6.24. The van der Waals surface area contributed by atoms with Gasteiger partial charge in [0.1, 0.15) is 12.5 Å². The molecule has 2 aromatic rings. The summed E-state index contributed by atoms with van der Waals surface area (Å²) in [5.41, 5.74) is 3.46. The van der Waals surface area contributed by atoms with E-state index in [1.54, 1.807) is 28.4 Å². The van der Waals surface area contributed by atoms with E-state index in [9.17, 15) is 9.59 Å². The van der Waals surface area contributed by atoms with E-state index in [1.165, 1.54) is 0 Å². The van der Waals surface area contributed by atoms with Crippen molar-refractivity contribution in [3.05, 3.63) is 57.2 Å². The molecule has 0 bridgehead atoms. The highest BCUT2D eigenvalue weighted by atomic mass is 79.9. The van der Waals surface area contributed by atoms with Crippen LogP contribution in [0.5, 0.6) is 23.0 Å². The maximum Gasteiger partial charge on any atom is 0.315 e. The highest BCUT2D eigenvalue weighted by Crippen LogP contribution is 2.49. The van der Waals surface area contributed by atoms with Crippen LogP contribution in [0.1, 0.15) is 49.7 Å². The van der Waals surface area contributed by atoms with E-state index in [1.807, 2.05) is 44.2 Å². The minimum atomic E-state index is -0.790. The molecule has 0 fully saturated rings. The van der Waals surface area contributed by atoms with Crippen molar-refractivity contribution in [2.75, 3.05) is 48.3 Å². The number of aliphatic imine (C=N–C) groups is 1. The highest BCUT2D eigenvalue weighted by molar-refractivity contribution is 9.10. The van der Waals surface area contributed by atoms with E-state index < -0.39 is 17.8 Å². The molecule has 0 saturated carbocycles. The van der Waals surface area contributed by atoms with Gasteiger partial charge in [-0.3, -0.25) is 14.6 Å². The van der Waals surface area contributed by atoms with Gasteiger partial charge in [-0.2, -0.15) is 0 Å². The summed E-state index contributed by atoms with van der Waals surface area (Å²) in [6.45, 7) is 4.61. The number of allylic oxidation sites excluding steroid dienone is 2. The summed E-state index contributed by atoms with van der Waals surface area (Å²) in [7, 11) is 6.27. The van der Waals surface area contributed by atoms with E-state index in [0.717, 1.165) is 11.1 Å². The number of carbonyl (C=O) groups is 2. The number of carbonyl (C=O) groups excluding carboxylic acids is 2. The molecule has 1 aliphatic carbocycles. The second-order valence-electron chi connectivity index (χ2n) is 9.81. The van der Waals surface area contributed by atoms with E-state index >= 15 is 0 Å². The summed E-state index contributed by atoms with van der Waals surface area (Å²) in [5.74, 6) is 0.191. The predicted molar refractivity (Wildman–Crippen MR) is 158 cm³/mol. The molecule has 0 aromatic heterocycles. The Bertz CT molecular complexity index is 1370. The Balaban J connectivity index is 1.79. The zero-order valence-electron chi connectivity index (χ0n) is 24.2. The Morgan fingerprint density at radius 3 is 2.29 bits per heavy atom. The van der Waals surface area contributed by atoms with E-state index in [4.69, 9.17) is 33.4 Å².